The summed E-state index contributed by atoms with van der Waals surface area (Å²) in [6.07, 6.45) is 0. The van der Waals surface area contributed by atoms with E-state index in [1.54, 1.807) is 0 Å². The van der Waals surface area contributed by atoms with Gasteiger partial charge in [-0.15, -0.1) is 0 Å². The van der Waals surface area contributed by atoms with Gasteiger partial charge in [0.15, 0.2) is 11.6 Å². The fourth-order valence-corrected chi connectivity index (χ4v) is 10.5. The van der Waals surface area contributed by atoms with Crippen LogP contribution in [0.1, 0.15) is 0 Å². The maximum atomic E-state index is 6.64. The summed E-state index contributed by atoms with van der Waals surface area (Å²) in [5.74, 6) is 1.65. The Labute approximate surface area is 396 Å². The van der Waals surface area contributed by atoms with Crippen LogP contribution in [0.2, 0.25) is 0 Å². The Morgan fingerprint density at radius 3 is 1.46 bits per heavy atom. The van der Waals surface area contributed by atoms with Gasteiger partial charge in [-0.05, 0) is 75.8 Å². The molecule has 0 spiro atoms. The topological polar surface area (TPSA) is 61.7 Å². The Bertz CT molecular complexity index is 4270. The van der Waals surface area contributed by atoms with Gasteiger partial charge in [0.1, 0.15) is 11.2 Å². The van der Waals surface area contributed by atoms with Gasteiger partial charge in [0.2, 0.25) is 5.95 Å². The molecule has 0 atom stereocenters. The Morgan fingerprint density at radius 1 is 0.290 bits per heavy atom. The maximum absolute atomic E-state index is 6.64. The van der Waals surface area contributed by atoms with E-state index in [2.05, 4.69) is 215 Å². The summed E-state index contributed by atoms with van der Waals surface area (Å²) in [6.45, 7) is 0. The lowest BCUT2D eigenvalue weighted by molar-refractivity contribution is 0.669. The predicted octanol–water partition coefficient (Wildman–Crippen LogP) is 16.3. The molecule has 6 nitrogen and oxygen atoms in total. The third-order valence-electron chi connectivity index (χ3n) is 13.6. The second-order valence-corrected chi connectivity index (χ2v) is 17.5. The molecule has 14 aromatic rings. The van der Waals surface area contributed by atoms with Gasteiger partial charge in [-0.3, -0.25) is 4.57 Å². The van der Waals surface area contributed by atoms with E-state index < -0.39 is 0 Å². The summed E-state index contributed by atoms with van der Waals surface area (Å²) in [4.78, 5) is 16.4. The van der Waals surface area contributed by atoms with E-state index in [4.69, 9.17) is 19.4 Å². The van der Waals surface area contributed by atoms with Gasteiger partial charge >= 0.3 is 0 Å². The molecule has 0 fully saturated rings. The highest BCUT2D eigenvalue weighted by atomic mass is 16.3. The van der Waals surface area contributed by atoms with Crippen LogP contribution in [0.25, 0.3) is 133 Å². The maximum Gasteiger partial charge on any atom is 0.238 e. The Hall–Kier alpha value is -9.39. The lowest BCUT2D eigenvalue weighted by Crippen LogP contribution is -2.06. The van der Waals surface area contributed by atoms with Crippen LogP contribution in [-0.4, -0.2) is 24.1 Å². The van der Waals surface area contributed by atoms with Crippen molar-refractivity contribution in [2.75, 3.05) is 0 Å². The normalized spacial score (nSPS) is 11.8. The van der Waals surface area contributed by atoms with Crippen molar-refractivity contribution in [1.29, 1.82) is 0 Å². The Kier molecular flexibility index (Phi) is 8.79. The van der Waals surface area contributed by atoms with Crippen molar-refractivity contribution >= 4 is 65.6 Å². The second-order valence-electron chi connectivity index (χ2n) is 17.5. The first-order valence-corrected chi connectivity index (χ1v) is 23.3. The average Bonchev–Trinajstić information content (AvgIpc) is 4.10. The first-order chi connectivity index (χ1) is 34.2. The van der Waals surface area contributed by atoms with E-state index in [9.17, 15) is 0 Å². The average molecular weight is 882 g/mol. The van der Waals surface area contributed by atoms with Crippen molar-refractivity contribution in [3.63, 3.8) is 0 Å². The molecule has 322 valence electrons. The van der Waals surface area contributed by atoms with Crippen LogP contribution in [0.3, 0.4) is 0 Å². The molecule has 14 rings (SSSR count). The zero-order chi connectivity index (χ0) is 45.4. The van der Waals surface area contributed by atoms with Crippen molar-refractivity contribution < 1.29 is 4.42 Å². The smallest absolute Gasteiger partial charge is 0.238 e. The zero-order valence-electron chi connectivity index (χ0n) is 37.2. The minimum Gasteiger partial charge on any atom is -0.456 e. The Morgan fingerprint density at radius 2 is 0.797 bits per heavy atom. The van der Waals surface area contributed by atoms with Crippen molar-refractivity contribution in [2.45, 2.75) is 0 Å². The molecule has 0 N–H and O–H groups in total. The summed E-state index contributed by atoms with van der Waals surface area (Å²) in [6, 6.07) is 83.2. The molecular formula is C63H39N5O. The molecule has 0 saturated carbocycles. The lowest BCUT2D eigenvalue weighted by atomic mass is 9.97. The third-order valence-corrected chi connectivity index (χ3v) is 13.6. The molecule has 0 aliphatic carbocycles. The number of fused-ring (bicyclic) bond motifs is 10. The van der Waals surface area contributed by atoms with Crippen LogP contribution in [0, 0.1) is 0 Å². The molecule has 0 bridgehead atoms. The van der Waals surface area contributed by atoms with Crippen molar-refractivity contribution in [3.8, 4) is 67.8 Å². The number of furan rings is 1. The van der Waals surface area contributed by atoms with Gasteiger partial charge in [-0.2, -0.15) is 9.97 Å². The number of hydrogen-bond donors (Lipinski definition) is 0. The largest absolute Gasteiger partial charge is 0.456 e. The van der Waals surface area contributed by atoms with E-state index in [1.165, 1.54) is 11.1 Å². The van der Waals surface area contributed by atoms with Crippen LogP contribution >= 0.6 is 0 Å². The fraction of sp³-hybridized carbons (Fsp3) is 0. The molecule has 0 amide bonds. The lowest BCUT2D eigenvalue weighted by Gasteiger charge is -2.13. The molecule has 10 aromatic carbocycles. The highest BCUT2D eigenvalue weighted by molar-refractivity contribution is 6.26. The SMILES string of the molecule is c1ccc(-c2ccc(-c3nc(-c4cccc5oc6cccc(-c7ccccc7)c6c45)nc(-n4c5ccccc5c5ccc6c(c7ccccc7n6-c6ccc(-c7ccccc7)cc6)c54)n3)cc2)cc1. The van der Waals surface area contributed by atoms with Crippen LogP contribution in [0.5, 0.6) is 0 Å². The summed E-state index contributed by atoms with van der Waals surface area (Å²) >= 11 is 0. The molecule has 0 unspecified atom stereocenters. The molecule has 0 radical (unpaired) electrons. The molecule has 0 saturated heterocycles. The van der Waals surface area contributed by atoms with Gasteiger partial charge in [-0.25, -0.2) is 4.98 Å². The number of rotatable bonds is 7. The molecule has 4 heterocycles. The van der Waals surface area contributed by atoms with Gasteiger partial charge < -0.3 is 8.98 Å². The molecule has 4 aromatic heterocycles. The quantitative estimate of drug-likeness (QED) is 0.160. The summed E-state index contributed by atoms with van der Waals surface area (Å²) < 4.78 is 11.3. The predicted molar refractivity (Wildman–Crippen MR) is 283 cm³/mol. The van der Waals surface area contributed by atoms with Crippen LogP contribution in [-0.2, 0) is 0 Å². The molecule has 69 heavy (non-hydrogen) atoms. The number of para-hydroxylation sites is 2. The molecular weight excluding hydrogens is 843 g/mol. The fourth-order valence-electron chi connectivity index (χ4n) is 10.5. The van der Waals surface area contributed by atoms with E-state index in [0.29, 0.717) is 17.6 Å². The summed E-state index contributed by atoms with van der Waals surface area (Å²) in [5, 5.41) is 6.48. The Balaban J connectivity index is 1.05. The van der Waals surface area contributed by atoms with Crippen LogP contribution < -0.4 is 0 Å². The first-order valence-electron chi connectivity index (χ1n) is 23.3. The number of nitrogens with zero attached hydrogens (tertiary/aromatic N) is 5. The zero-order valence-corrected chi connectivity index (χ0v) is 37.2. The van der Waals surface area contributed by atoms with Crippen LogP contribution in [0.4, 0.5) is 0 Å². The van der Waals surface area contributed by atoms with Gasteiger partial charge in [-0.1, -0.05) is 194 Å². The van der Waals surface area contributed by atoms with Crippen LogP contribution in [0.15, 0.2) is 241 Å². The molecule has 6 heteroatoms. The van der Waals surface area contributed by atoms with Gasteiger partial charge in [0.25, 0.3) is 0 Å². The summed E-state index contributed by atoms with van der Waals surface area (Å²) in [5.41, 5.74) is 15.5. The van der Waals surface area contributed by atoms with E-state index in [0.717, 1.165) is 105 Å². The standard InChI is InChI=1S/C63H39N5O/c1-4-16-40(17-5-1)42-30-32-45(33-31-42)61-64-62(51-25-15-29-56-59(51)58-47(24-14-28-55(58)69-56)44-20-8-3-9-21-44)66-63(65-61)68-52-26-12-10-22-48(52)49-38-39-54-57(60(49)68)50-23-11-13-27-53(50)67(54)46-36-34-43(35-37-46)41-18-6-2-7-19-41/h1-39H. The third kappa shape index (κ3) is 6.23. The minimum atomic E-state index is 0.526. The highest BCUT2D eigenvalue weighted by Crippen LogP contribution is 2.44. The summed E-state index contributed by atoms with van der Waals surface area (Å²) in [7, 11) is 0. The number of hydrogen-bond acceptors (Lipinski definition) is 4. The monoisotopic (exact) mass is 881 g/mol. The molecule has 0 aliphatic rings. The number of aromatic nitrogens is 5. The van der Waals surface area contributed by atoms with E-state index >= 15 is 0 Å². The highest BCUT2D eigenvalue weighted by Gasteiger charge is 2.25. The minimum absolute atomic E-state index is 0.526. The van der Waals surface area contributed by atoms with Crippen molar-refractivity contribution in [2.24, 2.45) is 0 Å². The van der Waals surface area contributed by atoms with Crippen molar-refractivity contribution in [1.82, 2.24) is 24.1 Å². The second kappa shape index (κ2) is 15.6. The van der Waals surface area contributed by atoms with E-state index in [1.807, 2.05) is 30.3 Å². The van der Waals surface area contributed by atoms with Gasteiger partial charge in [0.05, 0.1) is 22.1 Å². The number of benzene rings is 10. The first kappa shape index (κ1) is 38.8. The van der Waals surface area contributed by atoms with Crippen molar-refractivity contribution in [3.05, 3.63) is 237 Å². The van der Waals surface area contributed by atoms with Gasteiger partial charge in [0, 0.05) is 49.1 Å². The van der Waals surface area contributed by atoms with E-state index in [-0.39, 0.29) is 0 Å². The molecule has 0 aliphatic heterocycles.